The molecular formula is C15H25ClN2O2. The van der Waals surface area contributed by atoms with E-state index in [1.165, 1.54) is 4.90 Å². The van der Waals surface area contributed by atoms with Gasteiger partial charge in [0.15, 0.2) is 0 Å². The fourth-order valence-electron chi connectivity index (χ4n) is 1.94. The van der Waals surface area contributed by atoms with Gasteiger partial charge in [0.05, 0.1) is 26.2 Å². The Morgan fingerprint density at radius 2 is 1.85 bits per heavy atom. The highest BCUT2D eigenvalue weighted by Crippen LogP contribution is 2.15. The summed E-state index contributed by atoms with van der Waals surface area (Å²) in [6.45, 7) is 9.91. The van der Waals surface area contributed by atoms with Crippen LogP contribution in [0, 0.1) is 0 Å². The number of benzene rings is 1. The van der Waals surface area contributed by atoms with Gasteiger partial charge in [-0.25, -0.2) is 4.79 Å². The molecule has 0 spiro atoms. The first-order valence-corrected chi connectivity index (χ1v) is 7.00. The van der Waals surface area contributed by atoms with Crippen molar-refractivity contribution in [2.24, 2.45) is 0 Å². The monoisotopic (exact) mass is 300 g/mol. The highest BCUT2D eigenvalue weighted by molar-refractivity contribution is 5.67. The molecule has 1 amide bonds. The van der Waals surface area contributed by atoms with E-state index in [-0.39, 0.29) is 24.6 Å². The van der Waals surface area contributed by atoms with Crippen LogP contribution in [0.4, 0.5) is 4.79 Å². The molecule has 0 saturated carbocycles. The molecule has 0 aliphatic heterocycles. The Morgan fingerprint density at radius 3 is 2.40 bits per heavy atom. The van der Waals surface area contributed by atoms with E-state index < -0.39 is 0 Å². The summed E-state index contributed by atoms with van der Waals surface area (Å²) in [5, 5.41) is 2.80. The van der Waals surface area contributed by atoms with E-state index in [1.54, 1.807) is 0 Å². The smallest absolute Gasteiger partial charge is 0.407 e. The zero-order chi connectivity index (χ0) is 14.1. The number of rotatable bonds is 7. The molecule has 1 aromatic carbocycles. The normalized spacial score (nSPS) is 11.6. The molecule has 1 aromatic rings. The van der Waals surface area contributed by atoms with Crippen molar-refractivity contribution < 1.29 is 26.8 Å². The van der Waals surface area contributed by atoms with Gasteiger partial charge in [-0.05, 0) is 26.3 Å². The molecule has 0 bridgehead atoms. The lowest BCUT2D eigenvalue weighted by molar-refractivity contribution is -0.895. The third-order valence-corrected chi connectivity index (χ3v) is 3.30. The van der Waals surface area contributed by atoms with Crippen molar-refractivity contribution in [3.63, 3.8) is 0 Å². The number of halogens is 1. The summed E-state index contributed by atoms with van der Waals surface area (Å²) in [6, 6.07) is 9.74. The van der Waals surface area contributed by atoms with Crippen LogP contribution in [0.1, 0.15) is 32.4 Å². The van der Waals surface area contributed by atoms with E-state index in [1.807, 2.05) is 37.3 Å². The molecule has 2 N–H and O–H groups in total. The van der Waals surface area contributed by atoms with E-state index in [0.717, 1.165) is 25.2 Å². The van der Waals surface area contributed by atoms with Gasteiger partial charge in [0.25, 0.3) is 0 Å². The van der Waals surface area contributed by atoms with E-state index >= 15 is 0 Å². The van der Waals surface area contributed by atoms with Crippen molar-refractivity contribution in [3.8, 4) is 0 Å². The zero-order valence-corrected chi connectivity index (χ0v) is 13.2. The Morgan fingerprint density at radius 1 is 1.25 bits per heavy atom. The first kappa shape index (κ1) is 18.7. The van der Waals surface area contributed by atoms with Crippen LogP contribution in [-0.2, 0) is 4.74 Å². The second kappa shape index (κ2) is 10.5. The average molecular weight is 301 g/mol. The average Bonchev–Trinajstić information content (AvgIpc) is 2.44. The number of amides is 1. The van der Waals surface area contributed by atoms with E-state index in [9.17, 15) is 4.79 Å². The Balaban J connectivity index is 0.00000361. The number of alkyl carbamates (subject to hydrolysis) is 1. The number of hydrogen-bond acceptors (Lipinski definition) is 2. The second-order valence-corrected chi connectivity index (χ2v) is 4.59. The Hall–Kier alpha value is -1.26. The number of ether oxygens (including phenoxy) is 1. The van der Waals surface area contributed by atoms with Crippen molar-refractivity contribution in [2.75, 3.05) is 26.2 Å². The summed E-state index contributed by atoms with van der Waals surface area (Å²) < 4.78 is 5.33. The summed E-state index contributed by atoms with van der Waals surface area (Å²) in [7, 11) is 0. The zero-order valence-electron chi connectivity index (χ0n) is 12.5. The van der Waals surface area contributed by atoms with Crippen LogP contribution in [0.2, 0.25) is 0 Å². The number of quaternary nitrogens is 1. The predicted molar refractivity (Wildman–Crippen MR) is 76.3 cm³/mol. The van der Waals surface area contributed by atoms with E-state index in [2.05, 4.69) is 19.2 Å². The molecule has 0 aromatic heterocycles. The van der Waals surface area contributed by atoms with Crippen LogP contribution in [-0.4, -0.2) is 32.3 Å². The van der Waals surface area contributed by atoms with Gasteiger partial charge in [0, 0.05) is 0 Å². The molecule has 114 valence electrons. The molecule has 0 heterocycles. The molecule has 0 fully saturated rings. The number of carbonyl (C=O) groups excluding carboxylic acids is 1. The lowest BCUT2D eigenvalue weighted by atomic mass is 10.1. The topological polar surface area (TPSA) is 42.8 Å². The van der Waals surface area contributed by atoms with Gasteiger partial charge in [0.1, 0.15) is 6.10 Å². The molecule has 4 nitrogen and oxygen atoms in total. The molecule has 0 radical (unpaired) electrons. The third kappa shape index (κ3) is 6.78. The third-order valence-electron chi connectivity index (χ3n) is 3.30. The number of likely N-dealkylation sites (N-methyl/N-ethyl adjacent to an activating group) is 1. The fraction of sp³-hybridized carbons (Fsp3) is 0.533. The Kier molecular flexibility index (Phi) is 9.86. The molecule has 1 atom stereocenters. The molecule has 20 heavy (non-hydrogen) atoms. The van der Waals surface area contributed by atoms with Crippen LogP contribution in [0.5, 0.6) is 0 Å². The maximum atomic E-state index is 11.6. The Labute approximate surface area is 127 Å². The van der Waals surface area contributed by atoms with Gasteiger partial charge in [-0.3, -0.25) is 0 Å². The van der Waals surface area contributed by atoms with Crippen LogP contribution < -0.4 is 22.6 Å². The van der Waals surface area contributed by atoms with Gasteiger partial charge < -0.3 is 27.4 Å². The minimum atomic E-state index is -0.345. The summed E-state index contributed by atoms with van der Waals surface area (Å²) >= 11 is 0. The molecule has 5 heteroatoms. The van der Waals surface area contributed by atoms with Crippen molar-refractivity contribution in [1.82, 2.24) is 5.32 Å². The van der Waals surface area contributed by atoms with Gasteiger partial charge >= 0.3 is 6.09 Å². The Bertz CT molecular complexity index is 369. The van der Waals surface area contributed by atoms with Gasteiger partial charge in [-0.2, -0.15) is 0 Å². The van der Waals surface area contributed by atoms with Crippen molar-refractivity contribution in [2.45, 2.75) is 26.9 Å². The highest BCUT2D eigenvalue weighted by Gasteiger charge is 2.11. The second-order valence-electron chi connectivity index (χ2n) is 4.59. The minimum absolute atomic E-state index is 0. The molecule has 0 saturated heterocycles. The quantitative estimate of drug-likeness (QED) is 0.637. The standard InChI is InChI=1S/C15H24N2O2.ClH/c1-4-17(5-2)12-11-16-15(18)19-13(3)14-9-7-6-8-10-14;/h6-10,13H,4-5,11-12H2,1-3H3,(H,16,18);1H. The van der Waals surface area contributed by atoms with Crippen molar-refractivity contribution in [3.05, 3.63) is 35.9 Å². The summed E-state index contributed by atoms with van der Waals surface area (Å²) in [5.41, 5.74) is 1.01. The largest absolute Gasteiger partial charge is 1.00 e. The summed E-state index contributed by atoms with van der Waals surface area (Å²) in [4.78, 5) is 13.1. The summed E-state index contributed by atoms with van der Waals surface area (Å²) in [5.74, 6) is 0. The first-order chi connectivity index (χ1) is 9.17. The first-order valence-electron chi connectivity index (χ1n) is 7.00. The highest BCUT2D eigenvalue weighted by atomic mass is 35.5. The van der Waals surface area contributed by atoms with Crippen LogP contribution in [0.3, 0.4) is 0 Å². The van der Waals surface area contributed by atoms with Gasteiger partial charge in [0.2, 0.25) is 0 Å². The van der Waals surface area contributed by atoms with Crippen LogP contribution in [0.25, 0.3) is 0 Å². The lowest BCUT2D eigenvalue weighted by Gasteiger charge is -2.17. The number of nitrogens with one attached hydrogen (secondary N) is 2. The number of hydrogen-bond donors (Lipinski definition) is 2. The molecular weight excluding hydrogens is 276 g/mol. The molecule has 1 unspecified atom stereocenters. The lowest BCUT2D eigenvalue weighted by Crippen LogP contribution is -3.12. The van der Waals surface area contributed by atoms with Crippen LogP contribution >= 0.6 is 0 Å². The van der Waals surface area contributed by atoms with Crippen molar-refractivity contribution >= 4 is 6.09 Å². The van der Waals surface area contributed by atoms with Gasteiger partial charge in [-0.15, -0.1) is 0 Å². The maximum Gasteiger partial charge on any atom is 0.407 e. The van der Waals surface area contributed by atoms with Crippen molar-refractivity contribution in [1.29, 1.82) is 0 Å². The SMILES string of the molecule is CC[NH+](CC)CCNC(=O)OC(C)c1ccccc1.[Cl-]. The molecule has 0 aliphatic rings. The number of carbonyl (C=O) groups is 1. The van der Waals surface area contributed by atoms with E-state index in [0.29, 0.717) is 6.54 Å². The fourth-order valence-corrected chi connectivity index (χ4v) is 1.94. The molecule has 1 rings (SSSR count). The summed E-state index contributed by atoms with van der Waals surface area (Å²) in [6.07, 6.45) is -0.565. The van der Waals surface area contributed by atoms with E-state index in [4.69, 9.17) is 4.74 Å². The van der Waals surface area contributed by atoms with Gasteiger partial charge in [-0.1, -0.05) is 30.3 Å². The minimum Gasteiger partial charge on any atom is -1.00 e. The predicted octanol–water partition coefficient (Wildman–Crippen LogP) is -1.60. The van der Waals surface area contributed by atoms with Crippen LogP contribution in [0.15, 0.2) is 30.3 Å². The maximum absolute atomic E-state index is 11.6. The molecule has 0 aliphatic carbocycles.